The molecule has 0 unspecified atom stereocenters. The van der Waals surface area contributed by atoms with E-state index in [4.69, 9.17) is 12.2 Å². The summed E-state index contributed by atoms with van der Waals surface area (Å²) in [6.07, 6.45) is 0. The van der Waals surface area contributed by atoms with Crippen LogP contribution in [0.25, 0.3) is 0 Å². The molecule has 1 aromatic carbocycles. The molecule has 0 aromatic heterocycles. The fourth-order valence-corrected chi connectivity index (χ4v) is 1.86. The van der Waals surface area contributed by atoms with Crippen LogP contribution in [0, 0.1) is 13.8 Å². The zero-order valence-corrected chi connectivity index (χ0v) is 11.5. The van der Waals surface area contributed by atoms with Crippen molar-refractivity contribution >= 4 is 23.0 Å². The van der Waals surface area contributed by atoms with E-state index in [0.29, 0.717) is 5.11 Å². The first-order valence-corrected chi connectivity index (χ1v) is 5.85. The third kappa shape index (κ3) is 4.19. The van der Waals surface area contributed by atoms with Gasteiger partial charge in [-0.3, -0.25) is 0 Å². The summed E-state index contributed by atoms with van der Waals surface area (Å²) in [4.78, 5) is 0. The van der Waals surface area contributed by atoms with E-state index in [0.717, 1.165) is 5.69 Å². The van der Waals surface area contributed by atoms with Crippen molar-refractivity contribution < 1.29 is 0 Å². The van der Waals surface area contributed by atoms with Gasteiger partial charge in [0.25, 0.3) is 0 Å². The Hall–Kier alpha value is -1.09. The lowest BCUT2D eigenvalue weighted by atomic mass is 10.1. The van der Waals surface area contributed by atoms with Crippen molar-refractivity contribution in [3.63, 3.8) is 0 Å². The van der Waals surface area contributed by atoms with E-state index in [1.807, 2.05) is 0 Å². The van der Waals surface area contributed by atoms with Crippen LogP contribution in [0.1, 0.15) is 31.9 Å². The maximum atomic E-state index is 5.25. The summed E-state index contributed by atoms with van der Waals surface area (Å²) >= 11 is 5.25. The maximum Gasteiger partial charge on any atom is 0.171 e. The van der Waals surface area contributed by atoms with Crippen molar-refractivity contribution in [1.29, 1.82) is 0 Å². The van der Waals surface area contributed by atoms with Crippen molar-refractivity contribution in [3.8, 4) is 0 Å². The van der Waals surface area contributed by atoms with Crippen molar-refractivity contribution in [1.82, 2.24) is 5.32 Å². The lowest BCUT2D eigenvalue weighted by Crippen LogP contribution is -2.43. The Kier molecular flexibility index (Phi) is 3.92. The molecule has 0 saturated heterocycles. The summed E-state index contributed by atoms with van der Waals surface area (Å²) in [7, 11) is 0. The maximum absolute atomic E-state index is 5.25. The Labute approximate surface area is 103 Å². The van der Waals surface area contributed by atoms with Crippen LogP contribution >= 0.6 is 12.2 Å². The SMILES string of the molecule is Cc1ccc(NC(=S)NC(C)(C)C)c(C)c1. The molecule has 0 atom stereocenters. The smallest absolute Gasteiger partial charge is 0.171 e. The molecule has 0 bridgehead atoms. The van der Waals surface area contributed by atoms with Gasteiger partial charge >= 0.3 is 0 Å². The summed E-state index contributed by atoms with van der Waals surface area (Å²) in [5.41, 5.74) is 3.52. The second kappa shape index (κ2) is 4.83. The molecule has 0 fully saturated rings. The minimum atomic E-state index is -0.0112. The van der Waals surface area contributed by atoms with E-state index in [1.54, 1.807) is 0 Å². The van der Waals surface area contributed by atoms with Gasteiger partial charge in [0.2, 0.25) is 0 Å². The zero-order chi connectivity index (χ0) is 12.3. The van der Waals surface area contributed by atoms with Crippen LogP contribution in [0.4, 0.5) is 5.69 Å². The van der Waals surface area contributed by atoms with E-state index in [-0.39, 0.29) is 5.54 Å². The van der Waals surface area contributed by atoms with E-state index >= 15 is 0 Å². The van der Waals surface area contributed by atoms with Gasteiger partial charge in [0.1, 0.15) is 0 Å². The van der Waals surface area contributed by atoms with Gasteiger partial charge in [0.15, 0.2) is 5.11 Å². The summed E-state index contributed by atoms with van der Waals surface area (Å²) in [6.45, 7) is 10.4. The number of hydrogen-bond acceptors (Lipinski definition) is 1. The summed E-state index contributed by atoms with van der Waals surface area (Å²) in [5, 5.41) is 7.11. The topological polar surface area (TPSA) is 24.1 Å². The lowest BCUT2D eigenvalue weighted by molar-refractivity contribution is 0.515. The molecule has 0 aliphatic heterocycles. The zero-order valence-electron chi connectivity index (χ0n) is 10.6. The predicted octanol–water partition coefficient (Wildman–Crippen LogP) is 3.39. The van der Waals surface area contributed by atoms with Crippen LogP contribution in [-0.2, 0) is 0 Å². The number of benzene rings is 1. The fourth-order valence-electron chi connectivity index (χ4n) is 1.45. The Morgan fingerprint density at radius 2 is 1.81 bits per heavy atom. The molecule has 3 heteroatoms. The summed E-state index contributed by atoms with van der Waals surface area (Å²) in [5.74, 6) is 0. The number of aryl methyl sites for hydroxylation is 2. The minimum absolute atomic E-state index is 0.0112. The molecule has 0 spiro atoms. The van der Waals surface area contributed by atoms with E-state index in [1.165, 1.54) is 11.1 Å². The van der Waals surface area contributed by atoms with Crippen LogP contribution in [-0.4, -0.2) is 10.7 Å². The number of rotatable bonds is 1. The molecule has 2 nitrogen and oxygen atoms in total. The molecule has 0 amide bonds. The highest BCUT2D eigenvalue weighted by atomic mass is 32.1. The second-order valence-corrected chi connectivity index (χ2v) is 5.56. The van der Waals surface area contributed by atoms with Crippen LogP contribution in [0.15, 0.2) is 18.2 Å². The third-order valence-corrected chi connectivity index (χ3v) is 2.32. The number of anilines is 1. The molecular weight excluding hydrogens is 216 g/mol. The molecule has 0 radical (unpaired) electrons. The van der Waals surface area contributed by atoms with Crippen molar-refractivity contribution in [2.45, 2.75) is 40.2 Å². The molecule has 1 aromatic rings. The van der Waals surface area contributed by atoms with E-state index < -0.39 is 0 Å². The fraction of sp³-hybridized carbons (Fsp3) is 0.462. The van der Waals surface area contributed by atoms with Crippen LogP contribution in [0.2, 0.25) is 0 Å². The highest BCUT2D eigenvalue weighted by Gasteiger charge is 2.11. The quantitative estimate of drug-likeness (QED) is 0.731. The van der Waals surface area contributed by atoms with Gasteiger partial charge in [-0.25, -0.2) is 0 Å². The standard InChI is InChI=1S/C13H20N2S/c1-9-6-7-11(10(2)8-9)14-12(16)15-13(3,4)5/h6-8H,1-5H3,(H2,14,15,16). The van der Waals surface area contributed by atoms with E-state index in [2.05, 4.69) is 63.5 Å². The van der Waals surface area contributed by atoms with E-state index in [9.17, 15) is 0 Å². The first-order valence-electron chi connectivity index (χ1n) is 5.44. The van der Waals surface area contributed by atoms with Crippen molar-refractivity contribution in [2.75, 3.05) is 5.32 Å². The monoisotopic (exact) mass is 236 g/mol. The first kappa shape index (κ1) is 13.0. The molecule has 88 valence electrons. The van der Waals surface area contributed by atoms with Gasteiger partial charge in [-0.2, -0.15) is 0 Å². The van der Waals surface area contributed by atoms with Crippen molar-refractivity contribution in [3.05, 3.63) is 29.3 Å². The normalized spacial score (nSPS) is 11.1. The highest BCUT2D eigenvalue weighted by Crippen LogP contribution is 2.16. The van der Waals surface area contributed by atoms with Gasteiger partial charge in [0, 0.05) is 11.2 Å². The minimum Gasteiger partial charge on any atom is -0.358 e. The molecular formula is C13H20N2S. The molecule has 0 aliphatic rings. The Morgan fingerprint density at radius 1 is 1.19 bits per heavy atom. The van der Waals surface area contributed by atoms with Gasteiger partial charge in [-0.05, 0) is 58.5 Å². The average molecular weight is 236 g/mol. The van der Waals surface area contributed by atoms with Crippen LogP contribution < -0.4 is 10.6 Å². The third-order valence-electron chi connectivity index (χ3n) is 2.12. The van der Waals surface area contributed by atoms with Crippen LogP contribution in [0.5, 0.6) is 0 Å². The Balaban J connectivity index is 2.70. The lowest BCUT2D eigenvalue weighted by Gasteiger charge is -2.23. The predicted molar refractivity (Wildman–Crippen MR) is 75.0 cm³/mol. The number of thiocarbonyl (C=S) groups is 1. The van der Waals surface area contributed by atoms with Gasteiger partial charge in [0.05, 0.1) is 0 Å². The van der Waals surface area contributed by atoms with Gasteiger partial charge in [-0.1, -0.05) is 17.7 Å². The molecule has 0 saturated carbocycles. The number of hydrogen-bond donors (Lipinski definition) is 2. The molecule has 0 heterocycles. The molecule has 1 rings (SSSR count). The number of nitrogens with one attached hydrogen (secondary N) is 2. The van der Waals surface area contributed by atoms with Gasteiger partial charge in [-0.15, -0.1) is 0 Å². The molecule has 0 aliphatic carbocycles. The highest BCUT2D eigenvalue weighted by molar-refractivity contribution is 7.80. The first-order chi connectivity index (χ1) is 7.28. The van der Waals surface area contributed by atoms with Crippen molar-refractivity contribution in [2.24, 2.45) is 0 Å². The molecule has 2 N–H and O–H groups in total. The van der Waals surface area contributed by atoms with Gasteiger partial charge < -0.3 is 10.6 Å². The summed E-state index contributed by atoms with van der Waals surface area (Å²) < 4.78 is 0. The second-order valence-electron chi connectivity index (χ2n) is 5.15. The molecule has 16 heavy (non-hydrogen) atoms. The average Bonchev–Trinajstić information content (AvgIpc) is 2.06. The Bertz CT molecular complexity index is 391. The largest absolute Gasteiger partial charge is 0.358 e. The summed E-state index contributed by atoms with van der Waals surface area (Å²) in [6, 6.07) is 6.28. The van der Waals surface area contributed by atoms with Crippen LogP contribution in [0.3, 0.4) is 0 Å². The Morgan fingerprint density at radius 3 is 2.31 bits per heavy atom.